The molecule has 12 nitrogen and oxygen atoms in total. The largest absolute Gasteiger partial charge is 0.490 e. The van der Waals surface area contributed by atoms with Crippen LogP contribution in [0.15, 0.2) is 53.3 Å². The normalized spacial score (nSPS) is 14.6. The van der Waals surface area contributed by atoms with E-state index in [2.05, 4.69) is 29.6 Å². The Labute approximate surface area is 183 Å². The number of fused-ring (bicyclic) bond motifs is 1. The molecule has 3 heterocycles. The molecule has 166 valence electrons. The number of rotatable bonds is 6. The SMILES string of the molecule is CC(C)(COc1cccc2c1C(N)=NS(=O)(=O)N2)NC(=O)c1ccnc(-n2nccn2)c1. The van der Waals surface area contributed by atoms with E-state index in [0.29, 0.717) is 22.7 Å². The van der Waals surface area contributed by atoms with E-state index in [4.69, 9.17) is 10.5 Å². The Hall–Kier alpha value is -4.00. The predicted molar refractivity (Wildman–Crippen MR) is 116 cm³/mol. The Morgan fingerprint density at radius 1 is 1.22 bits per heavy atom. The van der Waals surface area contributed by atoms with Crippen molar-refractivity contribution in [3.8, 4) is 11.6 Å². The Morgan fingerprint density at radius 2 is 1.97 bits per heavy atom. The molecular formula is C19H20N8O4S. The molecule has 0 fully saturated rings. The van der Waals surface area contributed by atoms with E-state index in [0.717, 1.165) is 0 Å². The quantitative estimate of drug-likeness (QED) is 0.485. The number of amidine groups is 1. The number of nitrogens with zero attached hydrogens (tertiary/aromatic N) is 5. The predicted octanol–water partition coefficient (Wildman–Crippen LogP) is 0.625. The van der Waals surface area contributed by atoms with E-state index in [1.54, 1.807) is 44.2 Å². The van der Waals surface area contributed by atoms with Crippen LogP contribution in [0, 0.1) is 0 Å². The van der Waals surface area contributed by atoms with E-state index in [1.165, 1.54) is 23.4 Å². The average molecular weight is 456 g/mol. The minimum atomic E-state index is -3.89. The van der Waals surface area contributed by atoms with Crippen molar-refractivity contribution in [2.24, 2.45) is 10.1 Å². The Balaban J connectivity index is 1.47. The highest BCUT2D eigenvalue weighted by atomic mass is 32.2. The number of nitrogens with one attached hydrogen (secondary N) is 2. The van der Waals surface area contributed by atoms with Crippen molar-refractivity contribution < 1.29 is 17.9 Å². The van der Waals surface area contributed by atoms with Crippen LogP contribution in [-0.2, 0) is 10.2 Å². The van der Waals surface area contributed by atoms with Crippen molar-refractivity contribution in [1.29, 1.82) is 0 Å². The van der Waals surface area contributed by atoms with Gasteiger partial charge in [0, 0.05) is 11.8 Å². The maximum atomic E-state index is 12.8. The first-order chi connectivity index (χ1) is 15.1. The number of carbonyl (C=O) groups is 1. The lowest BCUT2D eigenvalue weighted by atomic mass is 10.1. The van der Waals surface area contributed by atoms with E-state index in [1.807, 2.05) is 0 Å². The third-order valence-electron chi connectivity index (χ3n) is 4.41. The minimum Gasteiger partial charge on any atom is -0.490 e. The molecule has 32 heavy (non-hydrogen) atoms. The molecule has 2 aromatic heterocycles. The van der Waals surface area contributed by atoms with Crippen molar-refractivity contribution in [2.75, 3.05) is 11.3 Å². The number of benzene rings is 1. The van der Waals surface area contributed by atoms with Gasteiger partial charge in [-0.2, -0.15) is 18.6 Å². The van der Waals surface area contributed by atoms with Crippen molar-refractivity contribution in [3.05, 3.63) is 60.0 Å². The molecule has 13 heteroatoms. The average Bonchev–Trinajstić information content (AvgIpc) is 3.26. The fraction of sp³-hybridized carbons (Fsp3) is 0.211. The number of hydrogen-bond acceptors (Lipinski definition) is 8. The van der Waals surface area contributed by atoms with E-state index < -0.39 is 15.7 Å². The molecule has 4 rings (SSSR count). The second-order valence-corrected chi connectivity index (χ2v) is 8.92. The summed E-state index contributed by atoms with van der Waals surface area (Å²) in [4.78, 5) is 18.3. The first-order valence-electron chi connectivity index (χ1n) is 9.43. The molecule has 0 radical (unpaired) electrons. The number of nitrogens with two attached hydrogens (primary N) is 1. The number of amides is 1. The molecule has 0 atom stereocenters. The van der Waals surface area contributed by atoms with E-state index in [-0.39, 0.29) is 24.0 Å². The van der Waals surface area contributed by atoms with Crippen LogP contribution in [0.1, 0.15) is 29.8 Å². The first-order valence-corrected chi connectivity index (χ1v) is 10.9. The smallest absolute Gasteiger partial charge is 0.344 e. The number of aromatic nitrogens is 4. The van der Waals surface area contributed by atoms with Crippen LogP contribution >= 0.6 is 0 Å². The molecule has 1 aromatic carbocycles. The van der Waals surface area contributed by atoms with Gasteiger partial charge in [0.2, 0.25) is 0 Å². The summed E-state index contributed by atoms with van der Waals surface area (Å²) in [5.41, 5.74) is 6.04. The van der Waals surface area contributed by atoms with Gasteiger partial charge in [-0.05, 0) is 38.1 Å². The highest BCUT2D eigenvalue weighted by Crippen LogP contribution is 2.30. The van der Waals surface area contributed by atoms with Crippen LogP contribution < -0.4 is 20.5 Å². The van der Waals surface area contributed by atoms with Crippen LogP contribution in [0.2, 0.25) is 0 Å². The third-order valence-corrected chi connectivity index (χ3v) is 5.33. The number of carbonyl (C=O) groups excluding carboxylic acids is 1. The summed E-state index contributed by atoms with van der Waals surface area (Å²) in [5.74, 6) is 0.236. The van der Waals surface area contributed by atoms with Crippen molar-refractivity contribution in [1.82, 2.24) is 25.3 Å². The zero-order valence-electron chi connectivity index (χ0n) is 17.2. The molecule has 1 aliphatic heterocycles. The zero-order valence-corrected chi connectivity index (χ0v) is 18.0. The third kappa shape index (κ3) is 4.51. The molecule has 0 spiro atoms. The molecular weight excluding hydrogens is 436 g/mol. The standard InChI is InChI=1S/C19H20N8O4S/c1-19(2,24-18(28)12-6-7-21-15(10-12)27-22-8-9-23-27)11-31-14-5-3-4-13-16(14)17(20)26-32(29,30)25-13/h3-10,25H,11H2,1-2H3,(H2,20,26)(H,24,28). The van der Waals surface area contributed by atoms with Crippen molar-refractivity contribution in [3.63, 3.8) is 0 Å². The molecule has 0 saturated carbocycles. The molecule has 1 aliphatic rings. The molecule has 0 unspecified atom stereocenters. The summed E-state index contributed by atoms with van der Waals surface area (Å²) < 4.78 is 35.1. The molecule has 0 bridgehead atoms. The molecule has 0 aliphatic carbocycles. The van der Waals surface area contributed by atoms with Crippen LogP contribution in [-0.4, -0.2) is 52.3 Å². The highest BCUT2D eigenvalue weighted by Gasteiger charge is 2.27. The summed E-state index contributed by atoms with van der Waals surface area (Å²) in [6, 6.07) is 7.98. The molecule has 4 N–H and O–H groups in total. The topological polar surface area (TPSA) is 166 Å². The molecule has 1 amide bonds. The zero-order chi connectivity index (χ0) is 22.9. The van der Waals surface area contributed by atoms with E-state index in [9.17, 15) is 13.2 Å². The van der Waals surface area contributed by atoms with Gasteiger partial charge in [0.25, 0.3) is 5.91 Å². The van der Waals surface area contributed by atoms with Crippen LogP contribution in [0.3, 0.4) is 0 Å². The minimum absolute atomic E-state index is 0.0773. The Kier molecular flexibility index (Phi) is 5.26. The van der Waals surface area contributed by atoms with Gasteiger partial charge in [0.05, 0.1) is 29.2 Å². The lowest BCUT2D eigenvalue weighted by Crippen LogP contribution is -2.48. The van der Waals surface area contributed by atoms with Gasteiger partial charge in [-0.1, -0.05) is 6.07 Å². The second-order valence-electron chi connectivity index (χ2n) is 7.58. The van der Waals surface area contributed by atoms with Gasteiger partial charge < -0.3 is 15.8 Å². The fourth-order valence-electron chi connectivity index (χ4n) is 3.01. The maximum Gasteiger partial charge on any atom is 0.344 e. The summed E-state index contributed by atoms with van der Waals surface area (Å²) >= 11 is 0. The van der Waals surface area contributed by atoms with Crippen molar-refractivity contribution in [2.45, 2.75) is 19.4 Å². The summed E-state index contributed by atoms with van der Waals surface area (Å²) in [7, 11) is -3.89. The second kappa shape index (κ2) is 7.92. The Bertz CT molecular complexity index is 1300. The lowest BCUT2D eigenvalue weighted by molar-refractivity contribution is 0.0880. The molecule has 3 aromatic rings. The first kappa shape index (κ1) is 21.2. The number of anilines is 1. The van der Waals surface area contributed by atoms with Gasteiger partial charge in [0.15, 0.2) is 11.7 Å². The van der Waals surface area contributed by atoms with Crippen LogP contribution in [0.4, 0.5) is 5.69 Å². The van der Waals surface area contributed by atoms with E-state index >= 15 is 0 Å². The summed E-state index contributed by atoms with van der Waals surface area (Å²) in [6.45, 7) is 3.66. The Morgan fingerprint density at radius 3 is 2.72 bits per heavy atom. The fourth-order valence-corrected chi connectivity index (χ4v) is 3.86. The van der Waals surface area contributed by atoms with Crippen LogP contribution in [0.5, 0.6) is 5.75 Å². The lowest BCUT2D eigenvalue weighted by Gasteiger charge is -2.27. The van der Waals surface area contributed by atoms with Gasteiger partial charge in [0.1, 0.15) is 12.4 Å². The number of ether oxygens (including phenoxy) is 1. The summed E-state index contributed by atoms with van der Waals surface area (Å²) in [5, 5.41) is 10.9. The van der Waals surface area contributed by atoms with Gasteiger partial charge in [-0.25, -0.2) is 4.98 Å². The highest BCUT2D eigenvalue weighted by molar-refractivity contribution is 7.91. The van der Waals surface area contributed by atoms with Gasteiger partial charge >= 0.3 is 10.2 Å². The summed E-state index contributed by atoms with van der Waals surface area (Å²) in [6.07, 6.45) is 4.52. The monoisotopic (exact) mass is 456 g/mol. The van der Waals surface area contributed by atoms with Crippen molar-refractivity contribution >= 4 is 27.6 Å². The van der Waals surface area contributed by atoms with Gasteiger partial charge in [-0.3, -0.25) is 9.52 Å². The molecule has 0 saturated heterocycles. The maximum absolute atomic E-state index is 12.8. The van der Waals surface area contributed by atoms with Gasteiger partial charge in [-0.15, -0.1) is 9.19 Å². The van der Waals surface area contributed by atoms with Crippen LogP contribution in [0.25, 0.3) is 5.82 Å². The number of pyridine rings is 1. The number of hydrogen-bond donors (Lipinski definition) is 3.